The Balaban J connectivity index is 1.25. The number of ketones is 2. The van der Waals surface area contributed by atoms with Crippen LogP contribution in [0, 0.1) is 46.3 Å². The lowest BCUT2D eigenvalue weighted by molar-refractivity contribution is -0.155. The fraction of sp³-hybridized carbons (Fsp3) is 0.872. The number of hydrogen-bond acceptors (Lipinski definition) is 12. The van der Waals surface area contributed by atoms with Crippen molar-refractivity contribution in [3.8, 4) is 0 Å². The Bertz CT molecular complexity index is 1360. The highest BCUT2D eigenvalue weighted by atomic mass is 16.5. The highest BCUT2D eigenvalue weighted by molar-refractivity contribution is 5.85. The average Bonchev–Trinajstić information content (AvgIpc) is 3.58. The Morgan fingerprint density at radius 1 is 0.783 bits per heavy atom. The van der Waals surface area contributed by atoms with Crippen molar-refractivity contribution < 1.29 is 53.1 Å². The molecule has 13 nitrogen and oxygen atoms in total. The fourth-order valence-corrected chi connectivity index (χ4v) is 11.3. The number of esters is 1. The molecule has 0 saturated heterocycles. The number of aliphatic hydroxyl groups is 2. The number of rotatable bonds is 29. The maximum atomic E-state index is 13.5. The number of aliphatic hydroxyl groups excluding tert-OH is 2. The van der Waals surface area contributed by atoms with E-state index in [-0.39, 0.29) is 114 Å². The quantitative estimate of drug-likeness (QED) is 0.0492. The van der Waals surface area contributed by atoms with E-state index in [4.69, 9.17) is 39.6 Å². The average molecular weight is 849 g/mol. The summed E-state index contributed by atoms with van der Waals surface area (Å²) in [6.07, 6.45) is 15.3. The van der Waals surface area contributed by atoms with E-state index in [1.54, 1.807) is 4.90 Å². The Labute approximate surface area is 360 Å². The van der Waals surface area contributed by atoms with Crippen LogP contribution in [0.4, 0.5) is 0 Å². The van der Waals surface area contributed by atoms with E-state index in [0.29, 0.717) is 11.3 Å². The Morgan fingerprint density at radius 2 is 1.38 bits per heavy atom. The molecule has 0 unspecified atom stereocenters. The van der Waals surface area contributed by atoms with Crippen molar-refractivity contribution in [2.24, 2.45) is 52.1 Å². The van der Waals surface area contributed by atoms with Gasteiger partial charge in [-0.25, -0.2) is 0 Å². The zero-order chi connectivity index (χ0) is 43.7. The van der Waals surface area contributed by atoms with Crippen molar-refractivity contribution in [3.05, 3.63) is 11.6 Å². The number of nitrogens with zero attached hydrogens (tertiary/aromatic N) is 1. The molecule has 0 radical (unpaired) electrons. The van der Waals surface area contributed by atoms with E-state index >= 15 is 0 Å². The second-order valence-electron chi connectivity index (χ2n) is 19.1. The lowest BCUT2D eigenvalue weighted by atomic mass is 9.47. The Morgan fingerprint density at radius 3 is 1.97 bits per heavy atom. The third kappa shape index (κ3) is 14.4. The van der Waals surface area contributed by atoms with Gasteiger partial charge in [-0.1, -0.05) is 65.5 Å². The van der Waals surface area contributed by atoms with E-state index in [9.17, 15) is 19.2 Å². The minimum Gasteiger partial charge on any atom is -0.461 e. The van der Waals surface area contributed by atoms with Crippen LogP contribution in [-0.2, 0) is 42.9 Å². The molecule has 0 aromatic carbocycles. The summed E-state index contributed by atoms with van der Waals surface area (Å²) in [5.74, 6) is 3.14. The molecule has 13 heteroatoms. The molecule has 4 aliphatic rings. The largest absolute Gasteiger partial charge is 0.461 e. The van der Waals surface area contributed by atoms with Gasteiger partial charge in [-0.2, -0.15) is 0 Å². The first-order chi connectivity index (χ1) is 28.7. The lowest BCUT2D eigenvalue weighted by Gasteiger charge is -2.58. The van der Waals surface area contributed by atoms with Gasteiger partial charge in [0, 0.05) is 32.4 Å². The van der Waals surface area contributed by atoms with E-state index in [1.165, 1.54) is 50.5 Å². The van der Waals surface area contributed by atoms with Crippen molar-refractivity contribution >= 4 is 23.4 Å². The molecule has 0 heterocycles. The maximum absolute atomic E-state index is 13.5. The molecule has 0 aliphatic heterocycles. The van der Waals surface area contributed by atoms with Crippen LogP contribution in [0.3, 0.4) is 0 Å². The van der Waals surface area contributed by atoms with E-state index in [1.807, 2.05) is 0 Å². The van der Waals surface area contributed by atoms with Crippen LogP contribution in [-0.4, -0.2) is 130 Å². The highest BCUT2D eigenvalue weighted by Crippen LogP contribution is 2.67. The van der Waals surface area contributed by atoms with Gasteiger partial charge in [0.05, 0.1) is 59.3 Å². The summed E-state index contributed by atoms with van der Waals surface area (Å²) in [4.78, 5) is 50.9. The number of allylic oxidation sites excluding steroid dienone is 1. The monoisotopic (exact) mass is 849 g/mol. The summed E-state index contributed by atoms with van der Waals surface area (Å²) in [5, 5.41) is 17.7. The normalized spacial score (nSPS) is 28.3. The number of carbonyl (C=O) groups excluding carboxylic acids is 4. The molecule has 4 rings (SSSR count). The van der Waals surface area contributed by atoms with Crippen LogP contribution in [0.1, 0.15) is 125 Å². The van der Waals surface area contributed by atoms with Crippen molar-refractivity contribution in [2.75, 3.05) is 79.2 Å². The topological polar surface area (TPSA) is 184 Å². The summed E-state index contributed by atoms with van der Waals surface area (Å²) in [7, 11) is 0. The molecular formula is C47H80N2O11. The molecule has 0 aromatic rings. The van der Waals surface area contributed by atoms with Crippen LogP contribution < -0.4 is 5.73 Å². The van der Waals surface area contributed by atoms with Gasteiger partial charge in [0.1, 0.15) is 25.4 Å². The molecule has 60 heavy (non-hydrogen) atoms. The first-order valence-electron chi connectivity index (χ1n) is 23.2. The predicted molar refractivity (Wildman–Crippen MR) is 229 cm³/mol. The third-order valence-corrected chi connectivity index (χ3v) is 14.8. The van der Waals surface area contributed by atoms with Gasteiger partial charge in [-0.3, -0.25) is 19.2 Å². The molecule has 0 bridgehead atoms. The number of nitrogens with two attached hydrogens (primary N) is 1. The maximum Gasteiger partial charge on any atom is 0.323 e. The highest BCUT2D eigenvalue weighted by Gasteiger charge is 2.59. The number of hydrogen-bond donors (Lipinski definition) is 3. The number of ether oxygens (including phenoxy) is 5. The van der Waals surface area contributed by atoms with E-state index in [0.717, 1.165) is 55.3 Å². The first-order valence-corrected chi connectivity index (χ1v) is 23.2. The molecule has 4 N–H and O–H groups in total. The number of fused-ring (bicyclic) bond motifs is 5. The molecule has 4 aliphatic carbocycles. The predicted octanol–water partition coefficient (Wildman–Crippen LogP) is 5.46. The van der Waals surface area contributed by atoms with Crippen LogP contribution in [0.25, 0.3) is 0 Å². The van der Waals surface area contributed by atoms with E-state index < -0.39 is 25.2 Å². The first kappa shape index (κ1) is 50.4. The van der Waals surface area contributed by atoms with Gasteiger partial charge in [-0.05, 0) is 91.3 Å². The van der Waals surface area contributed by atoms with Crippen molar-refractivity contribution in [1.29, 1.82) is 0 Å². The molecule has 3 saturated carbocycles. The van der Waals surface area contributed by atoms with Gasteiger partial charge < -0.3 is 44.5 Å². The van der Waals surface area contributed by atoms with Crippen LogP contribution in [0.15, 0.2) is 11.6 Å². The Kier molecular flexibility index (Phi) is 21.1. The van der Waals surface area contributed by atoms with Gasteiger partial charge >= 0.3 is 5.97 Å². The number of amides is 1. The van der Waals surface area contributed by atoms with Crippen LogP contribution in [0.2, 0.25) is 0 Å². The molecule has 9 atom stereocenters. The van der Waals surface area contributed by atoms with Gasteiger partial charge in [-0.15, -0.1) is 0 Å². The number of carbonyl (C=O) groups is 4. The zero-order valence-electron chi connectivity index (χ0n) is 37.7. The second-order valence-corrected chi connectivity index (χ2v) is 19.1. The van der Waals surface area contributed by atoms with Crippen molar-refractivity contribution in [3.63, 3.8) is 0 Å². The summed E-state index contributed by atoms with van der Waals surface area (Å²) >= 11 is 0. The van der Waals surface area contributed by atoms with Crippen molar-refractivity contribution in [1.82, 2.24) is 4.90 Å². The standard InChI is InChI=1S/C47H80N2O11/c1-33(2)7-6-8-34(3)40-11-12-41-39-10-9-35-29-38(13-17-46(35,4)42(39)14-18-47(40,41)5)60-45(55)43(48)30-44(54)49(19-23-58-27-25-56-21-15-36(52)31-50)20-24-59-28-26-57-22-16-37(53)32-51/h9,33-34,38-43,50-51H,6-8,10-32,48H2,1-5H3/t34-,38+,39+,40-,41+,42+,43-,46+,47-/m0/s1. The lowest BCUT2D eigenvalue weighted by Crippen LogP contribution is -2.51. The summed E-state index contributed by atoms with van der Waals surface area (Å²) < 4.78 is 28.1. The molecule has 344 valence electrons. The summed E-state index contributed by atoms with van der Waals surface area (Å²) in [5.41, 5.74) is 8.36. The smallest absolute Gasteiger partial charge is 0.323 e. The van der Waals surface area contributed by atoms with Crippen LogP contribution in [0.5, 0.6) is 0 Å². The fourth-order valence-electron chi connectivity index (χ4n) is 11.3. The molecule has 1 amide bonds. The molecule has 0 spiro atoms. The SMILES string of the molecule is CC(C)CCC[C@H](C)[C@@H]1CC[C@@H]2[C@H]3CC=C4C[C@H](OC(=O)[C@@H](N)CC(=O)N(CCOCCOCCC(=O)CO)CCOCCOCCC(=O)CO)CC[C@@]4(C)[C@@H]3CC[C@]21C. The molecule has 3 fully saturated rings. The van der Waals surface area contributed by atoms with Crippen LogP contribution >= 0.6 is 0 Å². The Hall–Kier alpha value is -2.26. The molecule has 0 aromatic heterocycles. The van der Waals surface area contributed by atoms with Crippen molar-refractivity contribution in [2.45, 2.75) is 137 Å². The van der Waals surface area contributed by atoms with Gasteiger partial charge in [0.2, 0.25) is 5.91 Å². The zero-order valence-corrected chi connectivity index (χ0v) is 37.7. The van der Waals surface area contributed by atoms with Gasteiger partial charge in [0.15, 0.2) is 11.6 Å². The minimum atomic E-state index is -1.11. The minimum absolute atomic E-state index is 0.130. The molecular weight excluding hydrogens is 769 g/mol. The summed E-state index contributed by atoms with van der Waals surface area (Å²) in [6, 6.07) is -1.11. The van der Waals surface area contributed by atoms with E-state index in [2.05, 4.69) is 40.7 Å². The second kappa shape index (κ2) is 25.1. The van der Waals surface area contributed by atoms with Gasteiger partial charge in [0.25, 0.3) is 0 Å². The summed E-state index contributed by atoms with van der Waals surface area (Å²) in [6.45, 7) is 13.6. The number of Topliss-reactive ketones (excluding diaryl/α,β-unsaturated/α-hetero) is 2. The third-order valence-electron chi connectivity index (χ3n) is 14.8.